The third kappa shape index (κ3) is 3.55. The molecule has 0 aliphatic heterocycles. The normalized spacial score (nSPS) is 11.0. The van der Waals surface area contributed by atoms with Crippen LogP contribution in [0, 0.1) is 0 Å². The van der Waals surface area contributed by atoms with Crippen LogP contribution in [0.15, 0.2) is 64.1 Å². The van der Waals surface area contributed by atoms with Gasteiger partial charge in [0.2, 0.25) is 11.5 Å². The summed E-state index contributed by atoms with van der Waals surface area (Å²) in [7, 11) is 2.97. The van der Waals surface area contributed by atoms with E-state index in [4.69, 9.17) is 4.42 Å². The minimum atomic E-state index is -0.418. The highest BCUT2D eigenvalue weighted by Gasteiger charge is 2.16. The third-order valence-electron chi connectivity index (χ3n) is 4.88. The van der Waals surface area contributed by atoms with Crippen LogP contribution < -0.4 is 5.56 Å². The Morgan fingerprint density at radius 1 is 1.13 bits per heavy atom. The van der Waals surface area contributed by atoms with Gasteiger partial charge in [0.25, 0.3) is 5.56 Å². The zero-order chi connectivity index (χ0) is 21.3. The molecule has 4 rings (SSSR count). The number of likely N-dealkylation sites (N-methyl/N-ethyl adjacent to an activating group) is 1. The molecule has 0 aliphatic carbocycles. The first kappa shape index (κ1) is 19.4. The first-order valence-corrected chi connectivity index (χ1v) is 9.26. The fourth-order valence-corrected chi connectivity index (χ4v) is 3.22. The Balaban J connectivity index is 1.51. The van der Waals surface area contributed by atoms with Crippen LogP contribution in [0.4, 0.5) is 0 Å². The van der Waals surface area contributed by atoms with Crippen LogP contribution in [0.5, 0.6) is 0 Å². The van der Waals surface area contributed by atoms with Crippen LogP contribution in [-0.2, 0) is 22.6 Å². The Morgan fingerprint density at radius 2 is 1.87 bits per heavy atom. The lowest BCUT2D eigenvalue weighted by molar-refractivity contribution is -0.131. The maximum absolute atomic E-state index is 12.8. The topological polar surface area (TPSA) is 94.6 Å². The van der Waals surface area contributed by atoms with E-state index in [0.717, 1.165) is 10.9 Å². The highest BCUT2D eigenvalue weighted by Crippen LogP contribution is 2.24. The molecule has 0 N–H and O–H groups in total. The second-order valence-corrected chi connectivity index (χ2v) is 6.89. The molecule has 0 atom stereocenters. The fourth-order valence-electron chi connectivity index (χ4n) is 3.22. The summed E-state index contributed by atoms with van der Waals surface area (Å²) >= 11 is 0. The van der Waals surface area contributed by atoms with Crippen molar-refractivity contribution in [3.05, 3.63) is 76.3 Å². The number of amides is 1. The summed E-state index contributed by atoms with van der Waals surface area (Å²) in [4.78, 5) is 42.7. The minimum Gasteiger partial charge on any atom is -0.465 e. The minimum absolute atomic E-state index is 0.132. The number of esters is 1. The van der Waals surface area contributed by atoms with Crippen molar-refractivity contribution in [2.75, 3.05) is 14.2 Å². The van der Waals surface area contributed by atoms with E-state index < -0.39 is 11.5 Å². The van der Waals surface area contributed by atoms with Gasteiger partial charge in [0.15, 0.2) is 0 Å². The lowest BCUT2D eigenvalue weighted by Gasteiger charge is -2.18. The van der Waals surface area contributed by atoms with Crippen molar-refractivity contribution in [2.24, 2.45) is 0 Å². The Bertz CT molecular complexity index is 1300. The van der Waals surface area contributed by atoms with E-state index in [-0.39, 0.29) is 18.0 Å². The molecule has 30 heavy (non-hydrogen) atoms. The fraction of sp³-hybridized carbons (Fsp3) is 0.182. The van der Waals surface area contributed by atoms with Gasteiger partial charge in [-0.2, -0.15) is 0 Å². The standard InChI is InChI=1S/C22H19N3O5/c1-24(11-14-7-9-15(10-8-14)22(28)29-2)18(26)12-25-13-23-19-16-5-3-4-6-17(16)30-20(19)21(25)27/h3-10,13H,11-12H2,1-2H3. The highest BCUT2D eigenvalue weighted by molar-refractivity contribution is 6.01. The van der Waals surface area contributed by atoms with Crippen LogP contribution in [0.2, 0.25) is 0 Å². The molecular weight excluding hydrogens is 386 g/mol. The second-order valence-electron chi connectivity index (χ2n) is 6.89. The van der Waals surface area contributed by atoms with Gasteiger partial charge in [-0.3, -0.25) is 14.2 Å². The molecule has 4 aromatic rings. The van der Waals surface area contributed by atoms with Crippen LogP contribution >= 0.6 is 0 Å². The largest absolute Gasteiger partial charge is 0.465 e. The Labute approximate surface area is 171 Å². The second kappa shape index (κ2) is 7.82. The number of para-hydroxylation sites is 1. The number of benzene rings is 2. The molecular formula is C22H19N3O5. The van der Waals surface area contributed by atoms with Crippen molar-refractivity contribution in [3.63, 3.8) is 0 Å². The summed E-state index contributed by atoms with van der Waals surface area (Å²) in [5.74, 6) is -0.676. The quantitative estimate of drug-likeness (QED) is 0.474. The number of methoxy groups -OCH3 is 1. The molecule has 2 aromatic heterocycles. The summed E-state index contributed by atoms with van der Waals surface area (Å²) in [5.41, 5.74) is 2.07. The molecule has 0 fully saturated rings. The Morgan fingerprint density at radius 3 is 2.60 bits per heavy atom. The molecule has 1 amide bonds. The van der Waals surface area contributed by atoms with Crippen LogP contribution in [0.25, 0.3) is 22.1 Å². The van der Waals surface area contributed by atoms with E-state index in [2.05, 4.69) is 9.72 Å². The van der Waals surface area contributed by atoms with Gasteiger partial charge in [0.05, 0.1) is 19.0 Å². The number of hydrogen-bond donors (Lipinski definition) is 0. The Kier molecular flexibility index (Phi) is 5.05. The summed E-state index contributed by atoms with van der Waals surface area (Å²) < 4.78 is 11.6. The lowest BCUT2D eigenvalue weighted by Crippen LogP contribution is -2.33. The zero-order valence-corrected chi connectivity index (χ0v) is 16.5. The van der Waals surface area contributed by atoms with Crippen LogP contribution in [0.1, 0.15) is 15.9 Å². The van der Waals surface area contributed by atoms with E-state index in [1.807, 2.05) is 18.2 Å². The van der Waals surface area contributed by atoms with Crippen molar-refractivity contribution in [2.45, 2.75) is 13.1 Å². The van der Waals surface area contributed by atoms with Crippen molar-refractivity contribution >= 4 is 33.9 Å². The van der Waals surface area contributed by atoms with Gasteiger partial charge >= 0.3 is 5.97 Å². The predicted molar refractivity (Wildman–Crippen MR) is 110 cm³/mol. The number of aromatic nitrogens is 2. The molecule has 0 saturated heterocycles. The van der Waals surface area contributed by atoms with E-state index >= 15 is 0 Å². The number of carbonyl (C=O) groups excluding carboxylic acids is 2. The van der Waals surface area contributed by atoms with E-state index in [1.165, 1.54) is 22.9 Å². The lowest BCUT2D eigenvalue weighted by atomic mass is 10.1. The first-order chi connectivity index (χ1) is 14.5. The van der Waals surface area contributed by atoms with Gasteiger partial charge in [-0.15, -0.1) is 0 Å². The molecule has 8 nitrogen and oxygen atoms in total. The number of nitrogens with zero attached hydrogens (tertiary/aromatic N) is 3. The molecule has 0 aliphatic rings. The van der Waals surface area contributed by atoms with Gasteiger partial charge in [0.1, 0.15) is 17.6 Å². The number of ether oxygens (including phenoxy) is 1. The van der Waals surface area contributed by atoms with E-state index in [9.17, 15) is 14.4 Å². The highest BCUT2D eigenvalue weighted by atomic mass is 16.5. The van der Waals surface area contributed by atoms with E-state index in [0.29, 0.717) is 23.2 Å². The van der Waals surface area contributed by atoms with Crippen LogP contribution in [0.3, 0.4) is 0 Å². The smallest absolute Gasteiger partial charge is 0.337 e. The maximum atomic E-state index is 12.8. The van der Waals surface area contributed by atoms with Crippen LogP contribution in [-0.4, -0.2) is 40.5 Å². The molecule has 0 unspecified atom stereocenters. The van der Waals surface area contributed by atoms with Crippen molar-refractivity contribution < 1.29 is 18.7 Å². The molecule has 2 aromatic carbocycles. The van der Waals surface area contributed by atoms with E-state index in [1.54, 1.807) is 37.4 Å². The molecule has 0 spiro atoms. The molecule has 0 saturated carbocycles. The molecule has 0 radical (unpaired) electrons. The predicted octanol–water partition coefficient (Wildman–Crippen LogP) is 2.59. The average molecular weight is 405 g/mol. The monoisotopic (exact) mass is 405 g/mol. The molecule has 0 bridgehead atoms. The van der Waals surface area contributed by atoms with Gasteiger partial charge < -0.3 is 14.1 Å². The number of furan rings is 1. The van der Waals surface area contributed by atoms with Gasteiger partial charge in [-0.05, 0) is 29.8 Å². The summed E-state index contributed by atoms with van der Waals surface area (Å²) in [6, 6.07) is 14.1. The van der Waals surface area contributed by atoms with Crippen molar-refractivity contribution in [1.29, 1.82) is 0 Å². The zero-order valence-electron chi connectivity index (χ0n) is 16.5. The number of hydrogen-bond acceptors (Lipinski definition) is 6. The molecule has 152 valence electrons. The Hall–Kier alpha value is -3.94. The average Bonchev–Trinajstić information content (AvgIpc) is 3.15. The van der Waals surface area contributed by atoms with Gasteiger partial charge in [0, 0.05) is 19.0 Å². The SMILES string of the molecule is COC(=O)c1ccc(CN(C)C(=O)Cn2cnc3c(oc4ccccc43)c2=O)cc1. The summed E-state index contributed by atoms with van der Waals surface area (Å²) in [6.07, 6.45) is 1.36. The maximum Gasteiger partial charge on any atom is 0.337 e. The number of fused-ring (bicyclic) bond motifs is 3. The number of rotatable bonds is 5. The number of carbonyl (C=O) groups is 2. The van der Waals surface area contributed by atoms with Crippen molar-refractivity contribution in [3.8, 4) is 0 Å². The van der Waals surface area contributed by atoms with Crippen molar-refractivity contribution in [1.82, 2.24) is 14.5 Å². The third-order valence-corrected chi connectivity index (χ3v) is 4.88. The van der Waals surface area contributed by atoms with Gasteiger partial charge in [-0.25, -0.2) is 9.78 Å². The van der Waals surface area contributed by atoms with Gasteiger partial charge in [-0.1, -0.05) is 24.3 Å². The molecule has 8 heteroatoms. The summed E-state index contributed by atoms with van der Waals surface area (Å²) in [6.45, 7) is 0.172. The summed E-state index contributed by atoms with van der Waals surface area (Å²) in [5, 5.41) is 0.760. The first-order valence-electron chi connectivity index (χ1n) is 9.26. The molecule has 2 heterocycles.